The van der Waals surface area contributed by atoms with Gasteiger partial charge in [0.1, 0.15) is 0 Å². The molecule has 7 heteroatoms. The van der Waals surface area contributed by atoms with Crippen molar-refractivity contribution < 1.29 is 0 Å². The number of hydrogen-bond acceptors (Lipinski definition) is 3. The summed E-state index contributed by atoms with van der Waals surface area (Å²) in [6, 6.07) is 4.10. The number of hydrogen-bond donors (Lipinski definition) is 2. The molecule has 0 aliphatic heterocycles. The molecule has 2 aromatic heterocycles. The zero-order chi connectivity index (χ0) is 15.9. The van der Waals surface area contributed by atoms with E-state index in [-0.39, 0.29) is 0 Å². The topological polar surface area (TPSA) is 59.7 Å². The Kier molecular flexibility index (Phi) is 5.94. The first-order valence-corrected chi connectivity index (χ1v) is 8.04. The first-order chi connectivity index (χ1) is 10.6. The molecule has 0 fully saturated rings. The van der Waals surface area contributed by atoms with Crippen LogP contribution >= 0.6 is 12.2 Å². The van der Waals surface area contributed by atoms with E-state index in [2.05, 4.69) is 40.7 Å². The van der Waals surface area contributed by atoms with Crippen LogP contribution in [0.3, 0.4) is 0 Å². The molecule has 2 heterocycles. The number of aromatic nitrogens is 4. The van der Waals surface area contributed by atoms with Gasteiger partial charge in [0, 0.05) is 31.5 Å². The Morgan fingerprint density at radius 3 is 2.77 bits per heavy atom. The molecule has 0 unspecified atom stereocenters. The van der Waals surface area contributed by atoms with Crippen molar-refractivity contribution in [2.75, 3.05) is 6.54 Å². The Morgan fingerprint density at radius 2 is 2.09 bits per heavy atom. The highest BCUT2D eigenvalue weighted by molar-refractivity contribution is 7.80. The minimum absolute atomic E-state index is 0.678. The van der Waals surface area contributed by atoms with Gasteiger partial charge in [-0.3, -0.25) is 9.36 Å². The molecule has 0 saturated carbocycles. The fourth-order valence-corrected chi connectivity index (χ4v) is 2.53. The van der Waals surface area contributed by atoms with Crippen LogP contribution in [-0.2, 0) is 19.6 Å². The molecule has 6 nitrogen and oxygen atoms in total. The molecular weight excluding hydrogens is 296 g/mol. The summed E-state index contributed by atoms with van der Waals surface area (Å²) in [5.74, 6) is 0. The van der Waals surface area contributed by atoms with Crippen molar-refractivity contribution in [1.82, 2.24) is 30.2 Å². The summed E-state index contributed by atoms with van der Waals surface area (Å²) in [5, 5.41) is 15.8. The van der Waals surface area contributed by atoms with Gasteiger partial charge < -0.3 is 10.6 Å². The molecule has 2 N–H and O–H groups in total. The maximum absolute atomic E-state index is 5.29. The van der Waals surface area contributed by atoms with Crippen molar-refractivity contribution in [2.24, 2.45) is 0 Å². The predicted molar refractivity (Wildman–Crippen MR) is 91.7 cm³/mol. The first kappa shape index (κ1) is 16.5. The Balaban J connectivity index is 1.65. The normalized spacial score (nSPS) is 10.7. The molecule has 0 radical (unpaired) electrons. The van der Waals surface area contributed by atoms with Gasteiger partial charge in [-0.1, -0.05) is 0 Å². The van der Waals surface area contributed by atoms with E-state index in [0.717, 1.165) is 37.4 Å². The van der Waals surface area contributed by atoms with Gasteiger partial charge in [0.25, 0.3) is 0 Å². The quantitative estimate of drug-likeness (QED) is 0.601. The Labute approximate surface area is 136 Å². The molecule has 0 bridgehead atoms. The van der Waals surface area contributed by atoms with E-state index in [0.29, 0.717) is 11.7 Å². The molecule has 0 saturated heterocycles. The lowest BCUT2D eigenvalue weighted by Crippen LogP contribution is -2.36. The predicted octanol–water partition coefficient (Wildman–Crippen LogP) is 1.77. The van der Waals surface area contributed by atoms with Crippen molar-refractivity contribution in [3.8, 4) is 0 Å². The molecule has 0 aliphatic carbocycles. The highest BCUT2D eigenvalue weighted by Crippen LogP contribution is 2.02. The van der Waals surface area contributed by atoms with Crippen molar-refractivity contribution in [2.45, 2.75) is 46.8 Å². The molecule has 0 spiro atoms. The second-order valence-electron chi connectivity index (χ2n) is 5.25. The third-order valence-corrected chi connectivity index (χ3v) is 3.76. The summed E-state index contributed by atoms with van der Waals surface area (Å²) < 4.78 is 3.99. The maximum atomic E-state index is 5.29. The van der Waals surface area contributed by atoms with Crippen LogP contribution in [0, 0.1) is 13.8 Å². The molecule has 0 atom stereocenters. The van der Waals surface area contributed by atoms with Gasteiger partial charge in [-0.05, 0) is 51.5 Å². The van der Waals surface area contributed by atoms with Gasteiger partial charge in [0.2, 0.25) is 0 Å². The van der Waals surface area contributed by atoms with E-state index in [4.69, 9.17) is 12.2 Å². The third-order valence-electron chi connectivity index (χ3n) is 3.47. The molecular formula is C15H24N6S. The third kappa shape index (κ3) is 4.56. The van der Waals surface area contributed by atoms with Crippen molar-refractivity contribution >= 4 is 17.3 Å². The Hall–Kier alpha value is -1.89. The van der Waals surface area contributed by atoms with Crippen LogP contribution in [0.2, 0.25) is 0 Å². The van der Waals surface area contributed by atoms with Crippen LogP contribution in [0.1, 0.15) is 30.4 Å². The van der Waals surface area contributed by atoms with Gasteiger partial charge in [-0.25, -0.2) is 0 Å². The van der Waals surface area contributed by atoms with Crippen molar-refractivity contribution in [3.63, 3.8) is 0 Å². The fraction of sp³-hybridized carbons (Fsp3) is 0.533. The van der Waals surface area contributed by atoms with E-state index < -0.39 is 0 Å². The largest absolute Gasteiger partial charge is 0.363 e. The summed E-state index contributed by atoms with van der Waals surface area (Å²) >= 11 is 5.29. The highest BCUT2D eigenvalue weighted by Gasteiger charge is 2.03. The average Bonchev–Trinajstić information content (AvgIpc) is 3.07. The zero-order valence-electron chi connectivity index (χ0n) is 13.5. The summed E-state index contributed by atoms with van der Waals surface area (Å²) in [4.78, 5) is 0. The van der Waals surface area contributed by atoms with Gasteiger partial charge >= 0.3 is 0 Å². The van der Waals surface area contributed by atoms with Crippen LogP contribution in [-0.4, -0.2) is 31.2 Å². The average molecular weight is 320 g/mol. The summed E-state index contributed by atoms with van der Waals surface area (Å²) in [5.41, 5.74) is 3.40. The van der Waals surface area contributed by atoms with Crippen LogP contribution in [0.25, 0.3) is 0 Å². The lowest BCUT2D eigenvalue weighted by Gasteiger charge is -2.11. The van der Waals surface area contributed by atoms with Crippen LogP contribution in [0.15, 0.2) is 18.3 Å². The van der Waals surface area contributed by atoms with Gasteiger partial charge in [0.15, 0.2) is 5.11 Å². The van der Waals surface area contributed by atoms with Crippen molar-refractivity contribution in [3.05, 3.63) is 35.4 Å². The van der Waals surface area contributed by atoms with Gasteiger partial charge in [0.05, 0.1) is 17.9 Å². The monoisotopic (exact) mass is 320 g/mol. The Morgan fingerprint density at radius 1 is 1.27 bits per heavy atom. The fourth-order valence-electron chi connectivity index (χ4n) is 2.36. The maximum Gasteiger partial charge on any atom is 0.166 e. The summed E-state index contributed by atoms with van der Waals surface area (Å²) in [6.07, 6.45) is 2.79. The SMILES string of the molecule is CCn1nccc1CNC(=S)NCCCn1nc(C)cc1C. The minimum atomic E-state index is 0.678. The van der Waals surface area contributed by atoms with Crippen LogP contribution in [0.5, 0.6) is 0 Å². The van der Waals surface area contributed by atoms with Crippen LogP contribution < -0.4 is 10.6 Å². The minimum Gasteiger partial charge on any atom is -0.363 e. The molecule has 0 aromatic carbocycles. The number of rotatable bonds is 7. The molecule has 2 rings (SSSR count). The van der Waals surface area contributed by atoms with Crippen LogP contribution in [0.4, 0.5) is 0 Å². The molecule has 2 aromatic rings. The number of nitrogens with one attached hydrogen (secondary N) is 2. The second kappa shape index (κ2) is 7.93. The number of thiocarbonyl (C=S) groups is 1. The lowest BCUT2D eigenvalue weighted by molar-refractivity contribution is 0.555. The van der Waals surface area contributed by atoms with E-state index in [1.165, 1.54) is 5.69 Å². The van der Waals surface area contributed by atoms with Crippen molar-refractivity contribution in [1.29, 1.82) is 0 Å². The smallest absolute Gasteiger partial charge is 0.166 e. The van der Waals surface area contributed by atoms with E-state index in [9.17, 15) is 0 Å². The molecule has 22 heavy (non-hydrogen) atoms. The van der Waals surface area contributed by atoms with E-state index in [1.54, 1.807) is 0 Å². The second-order valence-corrected chi connectivity index (χ2v) is 5.66. The molecule has 120 valence electrons. The highest BCUT2D eigenvalue weighted by atomic mass is 32.1. The summed E-state index contributed by atoms with van der Waals surface area (Å²) in [6.45, 7) is 9.46. The molecule has 0 aliphatic rings. The van der Waals surface area contributed by atoms with E-state index in [1.807, 2.05) is 28.6 Å². The van der Waals surface area contributed by atoms with E-state index >= 15 is 0 Å². The lowest BCUT2D eigenvalue weighted by atomic mass is 10.4. The first-order valence-electron chi connectivity index (χ1n) is 7.63. The standard InChI is InChI=1S/C15H24N6S/c1-4-20-14(6-8-18-20)11-17-15(22)16-7-5-9-21-13(3)10-12(2)19-21/h6,8,10H,4-5,7,9,11H2,1-3H3,(H2,16,17,22). The zero-order valence-corrected chi connectivity index (χ0v) is 14.3. The number of aryl methyl sites for hydroxylation is 4. The Bertz CT molecular complexity index is 615. The van der Waals surface area contributed by atoms with Gasteiger partial charge in [-0.2, -0.15) is 10.2 Å². The summed E-state index contributed by atoms with van der Waals surface area (Å²) in [7, 11) is 0. The number of nitrogens with zero attached hydrogens (tertiary/aromatic N) is 4. The van der Waals surface area contributed by atoms with Gasteiger partial charge in [-0.15, -0.1) is 0 Å². The molecule has 0 amide bonds.